The Morgan fingerprint density at radius 1 is 1.07 bits per heavy atom. The van der Waals surface area contributed by atoms with Gasteiger partial charge in [-0.1, -0.05) is 64.1 Å². The van der Waals surface area contributed by atoms with Crippen molar-refractivity contribution in [2.45, 2.75) is 57.9 Å². The monoisotopic (exact) mass is 418 g/mol. The third kappa shape index (κ3) is 3.99. The summed E-state index contributed by atoms with van der Waals surface area (Å²) >= 11 is 0. The Bertz CT molecular complexity index is 958. The smallest absolute Gasteiger partial charge is 0.362 e. The molecule has 0 radical (unpaired) electrons. The molecular weight excluding hydrogens is 393 g/mol. The summed E-state index contributed by atoms with van der Waals surface area (Å²) in [6, 6.07) is 13.2. The Hall–Kier alpha value is -2.67. The average Bonchev–Trinajstić information content (AvgIpc) is 3.06. The molecule has 1 atom stereocenters. The van der Waals surface area contributed by atoms with Crippen molar-refractivity contribution in [3.8, 4) is 0 Å². The molecule has 2 aromatic carbocycles. The van der Waals surface area contributed by atoms with E-state index in [-0.39, 0.29) is 21.7 Å². The Morgan fingerprint density at radius 2 is 1.63 bits per heavy atom. The predicted octanol–water partition coefficient (Wildman–Crippen LogP) is 5.05. The van der Waals surface area contributed by atoms with Gasteiger partial charge in [-0.05, 0) is 40.7 Å². The first-order valence-electron chi connectivity index (χ1n) is 9.78. The number of halogens is 3. The van der Waals surface area contributed by atoms with E-state index in [1.165, 1.54) is 12.1 Å². The van der Waals surface area contributed by atoms with E-state index in [0.29, 0.717) is 5.56 Å². The fourth-order valence-corrected chi connectivity index (χ4v) is 3.31. The summed E-state index contributed by atoms with van der Waals surface area (Å²) in [5, 5.41) is 14.6. The van der Waals surface area contributed by atoms with Crippen molar-refractivity contribution in [3.63, 3.8) is 0 Å². The van der Waals surface area contributed by atoms with Crippen molar-refractivity contribution in [3.05, 3.63) is 70.8 Å². The van der Waals surface area contributed by atoms with E-state index in [9.17, 15) is 23.1 Å². The van der Waals surface area contributed by atoms with E-state index in [1.807, 2.05) is 27.7 Å². The number of nitrogens with zero attached hydrogens (tertiary/aromatic N) is 2. The zero-order chi connectivity index (χ0) is 22.3. The molecule has 3 rings (SSSR count). The van der Waals surface area contributed by atoms with Crippen LogP contribution in [-0.4, -0.2) is 33.6 Å². The lowest BCUT2D eigenvalue weighted by atomic mass is 9.86. The van der Waals surface area contributed by atoms with Crippen molar-refractivity contribution in [2.75, 3.05) is 0 Å². The molecule has 1 amide bonds. The molecule has 0 aromatic heterocycles. The van der Waals surface area contributed by atoms with Gasteiger partial charge in [-0.2, -0.15) is 23.3 Å². The summed E-state index contributed by atoms with van der Waals surface area (Å²) in [5.41, 5.74) is -1.13. The molecule has 2 aromatic rings. The fraction of sp³-hybridized carbons (Fsp3) is 0.391. The Morgan fingerprint density at radius 3 is 2.10 bits per heavy atom. The minimum atomic E-state index is -5.07. The lowest BCUT2D eigenvalue weighted by molar-refractivity contribution is -0.297. The van der Waals surface area contributed by atoms with Gasteiger partial charge < -0.3 is 5.11 Å². The summed E-state index contributed by atoms with van der Waals surface area (Å²) in [6.45, 7) is 7.95. The van der Waals surface area contributed by atoms with Crippen molar-refractivity contribution in [2.24, 2.45) is 5.10 Å². The molecule has 0 aliphatic carbocycles. The normalized spacial score (nSPS) is 19.7. The van der Waals surface area contributed by atoms with E-state index >= 15 is 0 Å². The Labute approximate surface area is 174 Å². The zero-order valence-electron chi connectivity index (χ0n) is 17.4. The largest absolute Gasteiger partial charge is 0.438 e. The average molecular weight is 418 g/mol. The molecule has 7 heteroatoms. The summed E-state index contributed by atoms with van der Waals surface area (Å²) < 4.78 is 41.3. The summed E-state index contributed by atoms with van der Waals surface area (Å²) in [7, 11) is 0. The second-order valence-corrected chi connectivity index (χ2v) is 8.53. The maximum Gasteiger partial charge on any atom is 0.438 e. The third-order valence-corrected chi connectivity index (χ3v) is 5.32. The molecule has 30 heavy (non-hydrogen) atoms. The standard InChI is InChI=1S/C23H25F3N2O2/c1-5-15-6-8-16(9-7-15)19-14-22(30,23(24,25)26)28(27-19)20(29)17-10-12-18(13-11-17)21(2,3)4/h6-13,30H,5,14H2,1-4H3/t22-/m0/s1. The molecule has 1 heterocycles. The highest BCUT2D eigenvalue weighted by atomic mass is 19.4. The van der Waals surface area contributed by atoms with Gasteiger partial charge >= 0.3 is 6.18 Å². The fourth-order valence-electron chi connectivity index (χ4n) is 3.31. The number of aryl methyl sites for hydroxylation is 1. The van der Waals surface area contributed by atoms with E-state index in [1.54, 1.807) is 36.4 Å². The van der Waals surface area contributed by atoms with Gasteiger partial charge in [0.05, 0.1) is 12.1 Å². The number of alkyl halides is 3. The number of aliphatic hydroxyl groups is 1. The van der Waals surface area contributed by atoms with Crippen LogP contribution in [0.2, 0.25) is 0 Å². The molecule has 0 saturated carbocycles. The van der Waals surface area contributed by atoms with Gasteiger partial charge in [0, 0.05) is 5.56 Å². The van der Waals surface area contributed by atoms with Gasteiger partial charge in [0.1, 0.15) is 0 Å². The number of hydrazone groups is 1. The van der Waals surface area contributed by atoms with Gasteiger partial charge in [-0.15, -0.1) is 0 Å². The summed E-state index contributed by atoms with van der Waals surface area (Å²) in [6.07, 6.45) is -5.11. The molecule has 0 unspecified atom stereocenters. The van der Waals surface area contributed by atoms with E-state index in [0.717, 1.165) is 17.5 Å². The minimum absolute atomic E-state index is 0.0112. The van der Waals surface area contributed by atoms with Crippen molar-refractivity contribution >= 4 is 11.6 Å². The molecule has 4 nitrogen and oxygen atoms in total. The van der Waals surface area contributed by atoms with Gasteiger partial charge in [-0.25, -0.2) is 0 Å². The van der Waals surface area contributed by atoms with Gasteiger partial charge in [0.15, 0.2) is 0 Å². The van der Waals surface area contributed by atoms with E-state index in [2.05, 4.69) is 5.10 Å². The first kappa shape index (κ1) is 22.0. The van der Waals surface area contributed by atoms with E-state index in [4.69, 9.17) is 0 Å². The number of carbonyl (C=O) groups excluding carboxylic acids is 1. The topological polar surface area (TPSA) is 52.9 Å². The van der Waals surface area contributed by atoms with Gasteiger partial charge in [0.2, 0.25) is 0 Å². The first-order valence-corrected chi connectivity index (χ1v) is 9.78. The van der Waals surface area contributed by atoms with Crippen LogP contribution < -0.4 is 0 Å². The Balaban J connectivity index is 1.99. The molecule has 0 spiro atoms. The second kappa shape index (κ2) is 7.54. The van der Waals surface area contributed by atoms with Crippen LogP contribution in [0.3, 0.4) is 0 Å². The highest BCUT2D eigenvalue weighted by Crippen LogP contribution is 2.42. The Kier molecular flexibility index (Phi) is 5.54. The SMILES string of the molecule is CCc1ccc(C2=NN(C(=O)c3ccc(C(C)(C)C)cc3)[C@@](O)(C(F)(F)F)C2)cc1. The van der Waals surface area contributed by atoms with Crippen LogP contribution >= 0.6 is 0 Å². The van der Waals surface area contributed by atoms with Gasteiger partial charge in [-0.3, -0.25) is 4.79 Å². The number of carbonyl (C=O) groups is 1. The zero-order valence-corrected chi connectivity index (χ0v) is 17.4. The number of hydrogen-bond donors (Lipinski definition) is 1. The maximum absolute atomic E-state index is 13.8. The minimum Gasteiger partial charge on any atom is -0.362 e. The van der Waals surface area contributed by atoms with Gasteiger partial charge in [0.25, 0.3) is 11.6 Å². The first-order chi connectivity index (χ1) is 13.9. The molecular formula is C23H25F3N2O2. The molecule has 1 aliphatic heterocycles. The van der Waals surface area contributed by atoms with E-state index < -0.39 is 24.2 Å². The molecule has 0 bridgehead atoms. The molecule has 1 aliphatic rings. The summed E-state index contributed by atoms with van der Waals surface area (Å²) in [4.78, 5) is 12.9. The molecule has 0 saturated heterocycles. The van der Waals surface area contributed by atoms with Crippen LogP contribution in [0.4, 0.5) is 13.2 Å². The highest BCUT2D eigenvalue weighted by molar-refractivity contribution is 6.05. The van der Waals surface area contributed by atoms with Crippen molar-refractivity contribution in [1.82, 2.24) is 5.01 Å². The molecule has 160 valence electrons. The van der Waals surface area contributed by atoms with Crippen LogP contribution in [-0.2, 0) is 11.8 Å². The lowest BCUT2D eigenvalue weighted by Crippen LogP contribution is -2.56. The third-order valence-electron chi connectivity index (χ3n) is 5.32. The quantitative estimate of drug-likeness (QED) is 0.759. The number of benzene rings is 2. The number of hydrogen-bond acceptors (Lipinski definition) is 3. The van der Waals surface area contributed by atoms with Crippen LogP contribution in [0.15, 0.2) is 53.6 Å². The lowest BCUT2D eigenvalue weighted by Gasteiger charge is -2.32. The number of amides is 1. The van der Waals surface area contributed by atoms with Crippen LogP contribution in [0, 0.1) is 0 Å². The maximum atomic E-state index is 13.8. The highest BCUT2D eigenvalue weighted by Gasteiger charge is 2.63. The van der Waals surface area contributed by atoms with Crippen LogP contribution in [0.1, 0.15) is 61.2 Å². The molecule has 0 fully saturated rings. The summed E-state index contributed by atoms with van der Waals surface area (Å²) in [5.74, 6) is -1.00. The number of rotatable bonds is 3. The van der Waals surface area contributed by atoms with Crippen LogP contribution in [0.25, 0.3) is 0 Å². The molecule has 1 N–H and O–H groups in total. The second-order valence-electron chi connectivity index (χ2n) is 8.53. The predicted molar refractivity (Wildman–Crippen MR) is 109 cm³/mol. The van der Waals surface area contributed by atoms with Crippen molar-refractivity contribution < 1.29 is 23.1 Å². The van der Waals surface area contributed by atoms with Crippen LogP contribution in [0.5, 0.6) is 0 Å². The van der Waals surface area contributed by atoms with Crippen molar-refractivity contribution in [1.29, 1.82) is 0 Å².